The first-order chi connectivity index (χ1) is 10.8. The van der Waals surface area contributed by atoms with Gasteiger partial charge in [0.15, 0.2) is 0 Å². The van der Waals surface area contributed by atoms with Gasteiger partial charge in [-0.25, -0.2) is 0 Å². The molecule has 2 aromatic heterocycles. The Morgan fingerprint density at radius 1 is 1.14 bits per heavy atom. The van der Waals surface area contributed by atoms with Crippen molar-refractivity contribution in [3.05, 3.63) is 60.2 Å². The summed E-state index contributed by atoms with van der Waals surface area (Å²) in [7, 11) is 0. The fourth-order valence-electron chi connectivity index (χ4n) is 3.10. The SMILES string of the molecule is CC(c1ccncc1)N1CCC(NCc2ccccn2)CC1. The molecule has 0 spiro atoms. The Kier molecular flexibility index (Phi) is 5.14. The number of hydrogen-bond donors (Lipinski definition) is 1. The van der Waals surface area contributed by atoms with Crippen LogP contribution in [0.3, 0.4) is 0 Å². The summed E-state index contributed by atoms with van der Waals surface area (Å²) in [5.41, 5.74) is 2.48. The van der Waals surface area contributed by atoms with Crippen molar-refractivity contribution >= 4 is 0 Å². The number of nitrogens with zero attached hydrogens (tertiary/aromatic N) is 3. The molecular weight excluding hydrogens is 272 g/mol. The molecule has 0 aromatic carbocycles. The quantitative estimate of drug-likeness (QED) is 0.921. The van der Waals surface area contributed by atoms with Crippen molar-refractivity contribution in [1.29, 1.82) is 0 Å². The second-order valence-electron chi connectivity index (χ2n) is 5.97. The van der Waals surface area contributed by atoms with E-state index in [2.05, 4.69) is 45.3 Å². The van der Waals surface area contributed by atoms with Crippen LogP contribution in [0.4, 0.5) is 0 Å². The zero-order valence-electron chi connectivity index (χ0n) is 13.2. The Hall–Kier alpha value is -1.78. The van der Waals surface area contributed by atoms with Gasteiger partial charge in [0.25, 0.3) is 0 Å². The number of pyridine rings is 2. The van der Waals surface area contributed by atoms with Crippen LogP contribution in [0.1, 0.15) is 37.1 Å². The molecule has 1 aliphatic heterocycles. The standard InChI is InChI=1S/C18H24N4/c1-15(16-5-10-19-11-6-16)22-12-7-17(8-13-22)21-14-18-4-2-3-9-20-18/h2-6,9-11,15,17,21H,7-8,12-14H2,1H3. The zero-order chi connectivity index (χ0) is 15.2. The normalized spacial score (nSPS) is 18.2. The topological polar surface area (TPSA) is 41.1 Å². The highest BCUT2D eigenvalue weighted by atomic mass is 15.2. The maximum absolute atomic E-state index is 4.37. The second kappa shape index (κ2) is 7.47. The monoisotopic (exact) mass is 296 g/mol. The van der Waals surface area contributed by atoms with Crippen LogP contribution in [-0.4, -0.2) is 34.0 Å². The van der Waals surface area contributed by atoms with E-state index in [1.807, 2.05) is 30.7 Å². The van der Waals surface area contributed by atoms with Gasteiger partial charge in [-0.1, -0.05) is 6.07 Å². The van der Waals surface area contributed by atoms with Crippen molar-refractivity contribution in [2.24, 2.45) is 0 Å². The molecular formula is C18H24N4. The summed E-state index contributed by atoms with van der Waals surface area (Å²) in [4.78, 5) is 11.0. The lowest BCUT2D eigenvalue weighted by Crippen LogP contribution is -2.43. The molecule has 1 atom stereocenters. The summed E-state index contributed by atoms with van der Waals surface area (Å²) < 4.78 is 0. The molecule has 1 unspecified atom stereocenters. The molecule has 0 amide bonds. The fraction of sp³-hybridized carbons (Fsp3) is 0.444. The number of aromatic nitrogens is 2. The maximum atomic E-state index is 4.37. The Balaban J connectivity index is 1.46. The van der Waals surface area contributed by atoms with Gasteiger partial charge in [-0.2, -0.15) is 0 Å². The van der Waals surface area contributed by atoms with Gasteiger partial charge < -0.3 is 5.32 Å². The molecule has 0 aliphatic carbocycles. The van der Waals surface area contributed by atoms with Crippen molar-refractivity contribution in [2.75, 3.05) is 13.1 Å². The van der Waals surface area contributed by atoms with Gasteiger partial charge in [-0.05, 0) is 49.6 Å². The molecule has 0 bridgehead atoms. The van der Waals surface area contributed by atoms with Crippen LogP contribution in [0.15, 0.2) is 48.9 Å². The Morgan fingerprint density at radius 2 is 1.91 bits per heavy atom. The average molecular weight is 296 g/mol. The van der Waals surface area contributed by atoms with E-state index < -0.39 is 0 Å². The van der Waals surface area contributed by atoms with Crippen LogP contribution in [-0.2, 0) is 6.54 Å². The number of piperidine rings is 1. The van der Waals surface area contributed by atoms with Gasteiger partial charge in [0.1, 0.15) is 0 Å². The maximum Gasteiger partial charge on any atom is 0.0541 e. The molecule has 1 aliphatic rings. The molecule has 22 heavy (non-hydrogen) atoms. The molecule has 0 radical (unpaired) electrons. The number of rotatable bonds is 5. The van der Waals surface area contributed by atoms with E-state index in [0.717, 1.165) is 25.3 Å². The summed E-state index contributed by atoms with van der Waals surface area (Å²) >= 11 is 0. The zero-order valence-corrected chi connectivity index (χ0v) is 13.2. The van der Waals surface area contributed by atoms with Crippen molar-refractivity contribution in [3.8, 4) is 0 Å². The molecule has 2 aromatic rings. The smallest absolute Gasteiger partial charge is 0.0541 e. The largest absolute Gasteiger partial charge is 0.308 e. The summed E-state index contributed by atoms with van der Waals surface area (Å²) in [5.74, 6) is 0. The van der Waals surface area contributed by atoms with E-state index >= 15 is 0 Å². The Bertz CT molecular complexity index is 550. The van der Waals surface area contributed by atoms with E-state index in [9.17, 15) is 0 Å². The van der Waals surface area contributed by atoms with Crippen LogP contribution >= 0.6 is 0 Å². The lowest BCUT2D eigenvalue weighted by atomic mass is 10.0. The number of nitrogens with one attached hydrogen (secondary N) is 1. The van der Waals surface area contributed by atoms with Gasteiger partial charge in [0.05, 0.1) is 5.69 Å². The van der Waals surface area contributed by atoms with Gasteiger partial charge >= 0.3 is 0 Å². The Labute approximate surface area is 132 Å². The molecule has 0 saturated carbocycles. The van der Waals surface area contributed by atoms with Gasteiger partial charge in [0.2, 0.25) is 0 Å². The van der Waals surface area contributed by atoms with Crippen molar-refractivity contribution in [1.82, 2.24) is 20.2 Å². The van der Waals surface area contributed by atoms with E-state index in [1.165, 1.54) is 18.4 Å². The predicted octanol–water partition coefficient (Wildman–Crippen LogP) is 2.79. The minimum atomic E-state index is 0.472. The van der Waals surface area contributed by atoms with E-state index in [-0.39, 0.29) is 0 Å². The highest BCUT2D eigenvalue weighted by Gasteiger charge is 2.23. The molecule has 116 valence electrons. The minimum absolute atomic E-state index is 0.472. The molecule has 3 rings (SSSR count). The Morgan fingerprint density at radius 3 is 2.59 bits per heavy atom. The van der Waals surface area contributed by atoms with Crippen LogP contribution in [0.5, 0.6) is 0 Å². The van der Waals surface area contributed by atoms with E-state index in [4.69, 9.17) is 0 Å². The third kappa shape index (κ3) is 3.90. The molecule has 1 fully saturated rings. The highest BCUT2D eigenvalue weighted by molar-refractivity contribution is 5.14. The van der Waals surface area contributed by atoms with E-state index in [0.29, 0.717) is 12.1 Å². The molecule has 3 heterocycles. The molecule has 4 heteroatoms. The lowest BCUT2D eigenvalue weighted by Gasteiger charge is -2.36. The van der Waals surface area contributed by atoms with Crippen LogP contribution in [0, 0.1) is 0 Å². The highest BCUT2D eigenvalue weighted by Crippen LogP contribution is 2.23. The minimum Gasteiger partial charge on any atom is -0.308 e. The number of hydrogen-bond acceptors (Lipinski definition) is 4. The van der Waals surface area contributed by atoms with Crippen molar-refractivity contribution in [3.63, 3.8) is 0 Å². The first-order valence-corrected chi connectivity index (χ1v) is 8.10. The van der Waals surface area contributed by atoms with Crippen LogP contribution in [0.25, 0.3) is 0 Å². The third-order valence-corrected chi connectivity index (χ3v) is 4.56. The number of likely N-dealkylation sites (tertiary alicyclic amines) is 1. The van der Waals surface area contributed by atoms with Gasteiger partial charge in [-0.3, -0.25) is 14.9 Å². The first kappa shape index (κ1) is 15.1. The van der Waals surface area contributed by atoms with Gasteiger partial charge in [0, 0.05) is 50.3 Å². The molecule has 1 saturated heterocycles. The van der Waals surface area contributed by atoms with Crippen molar-refractivity contribution < 1.29 is 0 Å². The molecule has 4 nitrogen and oxygen atoms in total. The summed E-state index contributed by atoms with van der Waals surface area (Å²) in [6.07, 6.45) is 8.01. The first-order valence-electron chi connectivity index (χ1n) is 8.10. The van der Waals surface area contributed by atoms with Crippen LogP contribution in [0.2, 0.25) is 0 Å². The predicted molar refractivity (Wildman–Crippen MR) is 88.3 cm³/mol. The average Bonchev–Trinajstić information content (AvgIpc) is 2.61. The third-order valence-electron chi connectivity index (χ3n) is 4.56. The fourth-order valence-corrected chi connectivity index (χ4v) is 3.10. The summed E-state index contributed by atoms with van der Waals surface area (Å²) in [5, 5.41) is 3.64. The van der Waals surface area contributed by atoms with E-state index in [1.54, 1.807) is 0 Å². The second-order valence-corrected chi connectivity index (χ2v) is 5.97. The van der Waals surface area contributed by atoms with Crippen molar-refractivity contribution in [2.45, 2.75) is 38.4 Å². The molecule has 1 N–H and O–H groups in total. The van der Waals surface area contributed by atoms with Gasteiger partial charge in [-0.15, -0.1) is 0 Å². The summed E-state index contributed by atoms with van der Waals surface area (Å²) in [6.45, 7) is 5.44. The van der Waals surface area contributed by atoms with Crippen LogP contribution < -0.4 is 5.32 Å². The summed E-state index contributed by atoms with van der Waals surface area (Å²) in [6, 6.07) is 11.4. The lowest BCUT2D eigenvalue weighted by molar-refractivity contribution is 0.152.